The van der Waals surface area contributed by atoms with Gasteiger partial charge in [0.15, 0.2) is 0 Å². The van der Waals surface area contributed by atoms with Crippen LogP contribution in [0, 0.1) is 13.8 Å². The van der Waals surface area contributed by atoms with Gasteiger partial charge in [0.25, 0.3) is 5.91 Å². The molecule has 0 saturated heterocycles. The van der Waals surface area contributed by atoms with E-state index in [1.165, 1.54) is 5.56 Å². The number of amides is 1. The van der Waals surface area contributed by atoms with Gasteiger partial charge in [-0.15, -0.1) is 0 Å². The summed E-state index contributed by atoms with van der Waals surface area (Å²) in [6.45, 7) is 4.19. The number of halogens is 1. The molecule has 0 heterocycles. The van der Waals surface area contributed by atoms with E-state index in [1.807, 2.05) is 37.3 Å². The van der Waals surface area contributed by atoms with Crippen molar-refractivity contribution in [3.05, 3.63) is 76.9 Å². The minimum atomic E-state index is -0.0259. The van der Waals surface area contributed by atoms with E-state index in [9.17, 15) is 4.79 Å². The van der Waals surface area contributed by atoms with Gasteiger partial charge in [-0.05, 0) is 55.3 Å². The zero-order chi connectivity index (χ0) is 18.7. The van der Waals surface area contributed by atoms with Crippen LogP contribution in [0.4, 0.5) is 5.69 Å². The first-order valence-corrected chi connectivity index (χ1v) is 9.68. The fourth-order valence-corrected chi connectivity index (χ4v) is 3.79. The summed E-state index contributed by atoms with van der Waals surface area (Å²) in [5.41, 5.74) is 4.84. The maximum atomic E-state index is 13.2. The molecular weight excluding hydrogens is 437 g/mol. The molecule has 4 heteroatoms. The fourth-order valence-electron chi connectivity index (χ4n) is 3.11. The number of aryl methyl sites for hydroxylation is 3. The third-order valence-electron chi connectivity index (χ3n) is 4.56. The van der Waals surface area contributed by atoms with E-state index >= 15 is 0 Å². The van der Waals surface area contributed by atoms with Crippen molar-refractivity contribution in [3.8, 4) is 0 Å². The van der Waals surface area contributed by atoms with Crippen molar-refractivity contribution >= 4 is 45.2 Å². The van der Waals surface area contributed by atoms with Gasteiger partial charge in [0.05, 0.1) is 28.6 Å². The van der Waals surface area contributed by atoms with Crippen LogP contribution in [0.1, 0.15) is 33.5 Å². The predicted molar refractivity (Wildman–Crippen MR) is 116 cm³/mol. The molecular formula is C22H22INO2. The highest BCUT2D eigenvalue weighted by Gasteiger charge is 2.19. The number of rotatable bonds is 5. The Kier molecular flexibility index (Phi) is 5.94. The number of carbonyl (C=O) groups excluding carboxylic acids is 1. The van der Waals surface area contributed by atoms with Gasteiger partial charge in [-0.2, -0.15) is 0 Å². The highest BCUT2D eigenvalue weighted by Crippen LogP contribution is 2.31. The Labute approximate surface area is 168 Å². The van der Waals surface area contributed by atoms with Crippen molar-refractivity contribution in [2.75, 3.05) is 9.72 Å². The van der Waals surface area contributed by atoms with Gasteiger partial charge in [0.2, 0.25) is 0 Å². The highest BCUT2D eigenvalue weighted by molar-refractivity contribution is 14.1. The van der Waals surface area contributed by atoms with Crippen LogP contribution in [-0.4, -0.2) is 17.6 Å². The molecule has 0 aliphatic rings. The van der Waals surface area contributed by atoms with Crippen LogP contribution in [0.25, 0.3) is 10.8 Å². The first kappa shape index (κ1) is 18.9. The molecule has 3 rings (SSSR count). The van der Waals surface area contributed by atoms with E-state index in [-0.39, 0.29) is 12.5 Å². The molecule has 26 heavy (non-hydrogen) atoms. The van der Waals surface area contributed by atoms with Crippen molar-refractivity contribution in [1.29, 1.82) is 0 Å². The lowest BCUT2D eigenvalue weighted by Gasteiger charge is -2.19. The molecule has 3 aromatic carbocycles. The van der Waals surface area contributed by atoms with Gasteiger partial charge >= 0.3 is 0 Å². The standard InChI is InChI=1S/C22H22INO2/c1-15-8-11-19-18(13-15)6-3-7-21(19)24(23)22(26)20-14-17(5-4-12-25)10-9-16(20)2/h3,6-11,13-14,25H,4-5,12H2,1-2H3. The normalized spacial score (nSPS) is 10.9. The summed E-state index contributed by atoms with van der Waals surface area (Å²) in [5.74, 6) is -0.0259. The Hall–Kier alpha value is -1.92. The molecule has 1 N–H and O–H groups in total. The van der Waals surface area contributed by atoms with E-state index in [1.54, 1.807) is 3.11 Å². The molecule has 0 unspecified atom stereocenters. The quantitative estimate of drug-likeness (QED) is 0.411. The molecule has 1 amide bonds. The van der Waals surface area contributed by atoms with Gasteiger partial charge in [-0.1, -0.05) is 48.0 Å². The second kappa shape index (κ2) is 8.18. The minimum Gasteiger partial charge on any atom is -0.396 e. The molecule has 0 atom stereocenters. The number of hydrogen-bond donors (Lipinski definition) is 1. The number of aliphatic hydroxyl groups excluding tert-OH is 1. The number of carbonyl (C=O) groups is 1. The average molecular weight is 459 g/mol. The van der Waals surface area contributed by atoms with Gasteiger partial charge < -0.3 is 5.11 Å². The van der Waals surface area contributed by atoms with Gasteiger partial charge in [-0.3, -0.25) is 4.79 Å². The first-order valence-electron chi connectivity index (χ1n) is 8.71. The van der Waals surface area contributed by atoms with Crippen molar-refractivity contribution in [1.82, 2.24) is 0 Å². The molecule has 0 aliphatic heterocycles. The largest absolute Gasteiger partial charge is 0.396 e. The van der Waals surface area contributed by atoms with Crippen LogP contribution in [-0.2, 0) is 6.42 Å². The minimum absolute atomic E-state index is 0.0259. The van der Waals surface area contributed by atoms with E-state index in [2.05, 4.69) is 54.1 Å². The maximum Gasteiger partial charge on any atom is 0.267 e. The molecule has 0 fully saturated rings. The SMILES string of the molecule is Cc1ccc2c(N(I)C(=O)c3cc(CCCO)ccc3C)cccc2c1. The van der Waals surface area contributed by atoms with Gasteiger partial charge in [0, 0.05) is 17.6 Å². The Morgan fingerprint density at radius 2 is 1.88 bits per heavy atom. The lowest BCUT2D eigenvalue weighted by Crippen LogP contribution is -2.21. The van der Waals surface area contributed by atoms with E-state index < -0.39 is 0 Å². The number of aliphatic hydroxyl groups is 1. The van der Waals surface area contributed by atoms with Gasteiger partial charge in [-0.25, -0.2) is 3.11 Å². The lowest BCUT2D eigenvalue weighted by molar-refractivity contribution is 0.101. The zero-order valence-corrected chi connectivity index (χ0v) is 17.2. The van der Waals surface area contributed by atoms with Crippen LogP contribution in [0.5, 0.6) is 0 Å². The van der Waals surface area contributed by atoms with E-state index in [0.29, 0.717) is 12.0 Å². The summed E-state index contributed by atoms with van der Waals surface area (Å²) >= 11 is 2.09. The van der Waals surface area contributed by atoms with Crippen LogP contribution in [0.15, 0.2) is 54.6 Å². The molecule has 0 radical (unpaired) electrons. The Bertz CT molecular complexity index is 952. The Balaban J connectivity index is 1.98. The third-order valence-corrected chi connectivity index (χ3v) is 5.52. The third kappa shape index (κ3) is 3.91. The molecule has 0 spiro atoms. The van der Waals surface area contributed by atoms with Gasteiger partial charge in [0.1, 0.15) is 0 Å². The molecule has 0 bridgehead atoms. The topological polar surface area (TPSA) is 40.5 Å². The molecule has 0 saturated carbocycles. The smallest absolute Gasteiger partial charge is 0.267 e. The number of benzene rings is 3. The summed E-state index contributed by atoms with van der Waals surface area (Å²) in [5, 5.41) is 11.2. The lowest BCUT2D eigenvalue weighted by atomic mass is 10.0. The second-order valence-electron chi connectivity index (χ2n) is 6.56. The molecule has 3 nitrogen and oxygen atoms in total. The van der Waals surface area contributed by atoms with Crippen LogP contribution in [0.2, 0.25) is 0 Å². The molecule has 0 aromatic heterocycles. The summed E-state index contributed by atoms with van der Waals surface area (Å²) < 4.78 is 1.70. The van der Waals surface area contributed by atoms with Crippen molar-refractivity contribution in [2.24, 2.45) is 0 Å². The first-order chi connectivity index (χ1) is 12.5. The highest BCUT2D eigenvalue weighted by atomic mass is 127. The number of anilines is 1. The summed E-state index contributed by atoms with van der Waals surface area (Å²) in [4.78, 5) is 13.2. The van der Waals surface area contributed by atoms with Crippen molar-refractivity contribution in [3.63, 3.8) is 0 Å². The van der Waals surface area contributed by atoms with Crippen molar-refractivity contribution < 1.29 is 9.90 Å². The van der Waals surface area contributed by atoms with Crippen LogP contribution in [0.3, 0.4) is 0 Å². The van der Waals surface area contributed by atoms with Crippen LogP contribution < -0.4 is 3.11 Å². The monoisotopic (exact) mass is 459 g/mol. The molecule has 3 aromatic rings. The molecule has 134 valence electrons. The van der Waals surface area contributed by atoms with Crippen molar-refractivity contribution in [2.45, 2.75) is 26.7 Å². The second-order valence-corrected chi connectivity index (χ2v) is 7.53. The maximum absolute atomic E-state index is 13.2. The number of fused-ring (bicyclic) bond motifs is 1. The average Bonchev–Trinajstić information content (AvgIpc) is 2.65. The van der Waals surface area contributed by atoms with Crippen LogP contribution >= 0.6 is 22.9 Å². The Morgan fingerprint density at radius 3 is 2.65 bits per heavy atom. The van der Waals surface area contributed by atoms with E-state index in [4.69, 9.17) is 5.11 Å². The Morgan fingerprint density at radius 1 is 1.08 bits per heavy atom. The number of hydrogen-bond acceptors (Lipinski definition) is 2. The van der Waals surface area contributed by atoms with E-state index in [0.717, 1.165) is 34.0 Å². The summed E-state index contributed by atoms with van der Waals surface area (Å²) in [7, 11) is 0. The summed E-state index contributed by atoms with van der Waals surface area (Å²) in [6.07, 6.45) is 1.47. The molecule has 0 aliphatic carbocycles. The zero-order valence-electron chi connectivity index (χ0n) is 15.0. The fraction of sp³-hybridized carbons (Fsp3) is 0.227. The summed E-state index contributed by atoms with van der Waals surface area (Å²) in [6, 6.07) is 18.3. The predicted octanol–water partition coefficient (Wildman–Crippen LogP) is 5.38. The number of nitrogens with zero attached hydrogens (tertiary/aromatic N) is 1.